The maximum absolute atomic E-state index is 12.6. The third-order valence-corrected chi connectivity index (χ3v) is 6.47. The van der Waals surface area contributed by atoms with Crippen LogP contribution in [0, 0.1) is 6.92 Å². The van der Waals surface area contributed by atoms with E-state index in [2.05, 4.69) is 33.7 Å². The molecule has 0 bridgehead atoms. The second-order valence-electron chi connectivity index (χ2n) is 8.56. The van der Waals surface area contributed by atoms with Gasteiger partial charge in [-0.25, -0.2) is 0 Å². The number of fused-ring (bicyclic) bond motifs is 3. The zero-order chi connectivity index (χ0) is 25.2. The molecule has 0 spiro atoms. The van der Waals surface area contributed by atoms with Gasteiger partial charge < -0.3 is 10.1 Å². The molecule has 1 aliphatic heterocycles. The zero-order valence-electron chi connectivity index (χ0n) is 20.3. The first-order valence-electron chi connectivity index (χ1n) is 11.8. The Morgan fingerprint density at radius 3 is 2.39 bits per heavy atom. The van der Waals surface area contributed by atoms with E-state index in [9.17, 15) is 4.79 Å². The molecule has 1 atom stereocenters. The number of amides is 1. The molecule has 0 aliphatic carbocycles. The van der Waals surface area contributed by atoms with Crippen molar-refractivity contribution in [3.63, 3.8) is 0 Å². The lowest BCUT2D eigenvalue weighted by atomic mass is 9.95. The largest absolute Gasteiger partial charge is 0.497 e. The zero-order valence-corrected chi connectivity index (χ0v) is 21.1. The number of nitrogens with one attached hydrogen (secondary N) is 1. The number of benzene rings is 3. The number of hydrogen-bond acceptors (Lipinski definition) is 5. The van der Waals surface area contributed by atoms with Gasteiger partial charge in [0, 0.05) is 22.7 Å². The average molecular weight is 500 g/mol. The summed E-state index contributed by atoms with van der Waals surface area (Å²) in [7, 11) is 1.66. The molecule has 0 radical (unpaired) electrons. The highest BCUT2D eigenvalue weighted by Crippen LogP contribution is 2.35. The van der Waals surface area contributed by atoms with Gasteiger partial charge in [0.05, 0.1) is 24.9 Å². The molecule has 0 fully saturated rings. The van der Waals surface area contributed by atoms with Crippen LogP contribution < -0.4 is 10.1 Å². The molecule has 0 saturated heterocycles. The summed E-state index contributed by atoms with van der Waals surface area (Å²) in [4.78, 5) is 17.8. The van der Waals surface area contributed by atoms with E-state index in [1.807, 2.05) is 66.9 Å². The maximum atomic E-state index is 12.6. The Morgan fingerprint density at radius 1 is 1.00 bits per heavy atom. The summed E-state index contributed by atoms with van der Waals surface area (Å²) in [5.41, 5.74) is 5.61. The summed E-state index contributed by atoms with van der Waals surface area (Å²) >= 11 is 6.20. The Bertz CT molecular complexity index is 1440. The lowest BCUT2D eigenvalue weighted by Crippen LogP contribution is -2.25. The molecule has 1 amide bonds. The van der Waals surface area contributed by atoms with Crippen LogP contribution in [0.4, 0.5) is 0 Å². The molecule has 7 nitrogen and oxygen atoms in total. The van der Waals surface area contributed by atoms with Gasteiger partial charge in [0.15, 0.2) is 5.82 Å². The normalized spacial score (nSPS) is 14.3. The van der Waals surface area contributed by atoms with Gasteiger partial charge in [0.25, 0.3) is 0 Å². The molecule has 1 aliphatic rings. The number of methoxy groups -OCH3 is 1. The second kappa shape index (κ2) is 9.95. The number of aliphatic imine (C=N–C) groups is 1. The van der Waals surface area contributed by atoms with E-state index in [4.69, 9.17) is 21.3 Å². The van der Waals surface area contributed by atoms with E-state index < -0.39 is 6.04 Å². The molecule has 1 aromatic heterocycles. The van der Waals surface area contributed by atoms with Crippen molar-refractivity contribution in [3.05, 3.63) is 94.5 Å². The molecule has 3 aromatic carbocycles. The molecular formula is C28H26ClN5O2. The van der Waals surface area contributed by atoms with Gasteiger partial charge in [0.1, 0.15) is 17.6 Å². The summed E-state index contributed by atoms with van der Waals surface area (Å²) in [5.74, 6) is 2.09. The highest BCUT2D eigenvalue weighted by molar-refractivity contribution is 6.30. The van der Waals surface area contributed by atoms with Crippen molar-refractivity contribution in [2.45, 2.75) is 26.3 Å². The lowest BCUT2D eigenvalue weighted by Gasteiger charge is -2.15. The molecule has 182 valence electrons. The average Bonchev–Trinajstić information content (AvgIpc) is 3.21. The van der Waals surface area contributed by atoms with Crippen LogP contribution in [-0.4, -0.2) is 40.0 Å². The Morgan fingerprint density at radius 2 is 1.69 bits per heavy atom. The number of aromatic nitrogens is 3. The number of carbonyl (C=O) groups is 1. The molecule has 0 saturated carbocycles. The predicted molar refractivity (Wildman–Crippen MR) is 141 cm³/mol. The second-order valence-corrected chi connectivity index (χ2v) is 9.00. The van der Waals surface area contributed by atoms with Gasteiger partial charge in [-0.2, -0.15) is 0 Å². The van der Waals surface area contributed by atoms with Gasteiger partial charge >= 0.3 is 0 Å². The van der Waals surface area contributed by atoms with Crippen molar-refractivity contribution in [1.29, 1.82) is 0 Å². The first kappa shape index (κ1) is 23.8. The van der Waals surface area contributed by atoms with Crippen LogP contribution in [0.25, 0.3) is 16.8 Å². The number of nitrogens with zero attached hydrogens (tertiary/aromatic N) is 4. The quantitative estimate of drug-likeness (QED) is 0.389. The van der Waals surface area contributed by atoms with Crippen LogP contribution in [0.2, 0.25) is 5.02 Å². The molecule has 1 N–H and O–H groups in total. The van der Waals surface area contributed by atoms with Crippen LogP contribution in [0.1, 0.15) is 42.2 Å². The molecule has 0 unspecified atom stereocenters. The van der Waals surface area contributed by atoms with Gasteiger partial charge in [-0.1, -0.05) is 41.9 Å². The summed E-state index contributed by atoms with van der Waals surface area (Å²) in [5, 5.41) is 12.3. The topological polar surface area (TPSA) is 81.4 Å². The fourth-order valence-corrected chi connectivity index (χ4v) is 4.60. The summed E-state index contributed by atoms with van der Waals surface area (Å²) in [6, 6.07) is 21.3. The predicted octanol–water partition coefficient (Wildman–Crippen LogP) is 5.32. The molecule has 4 aromatic rings. The first-order chi connectivity index (χ1) is 17.5. The maximum Gasteiger partial charge on any atom is 0.222 e. The van der Waals surface area contributed by atoms with E-state index in [0.29, 0.717) is 17.4 Å². The van der Waals surface area contributed by atoms with Crippen LogP contribution in [0.5, 0.6) is 5.75 Å². The fourth-order valence-electron chi connectivity index (χ4n) is 4.48. The summed E-state index contributed by atoms with van der Waals surface area (Å²) < 4.78 is 7.32. The number of hydrogen-bond donors (Lipinski definition) is 1. The standard InChI is InChI=1S/C28H26ClN5O2/c1-4-30-26(35)16-24-28-33-32-17(2)34(28)25-14-9-20(18-7-12-22(36-3)13-8-18)15-23(25)27(31-24)19-5-10-21(29)11-6-19/h5-15,24H,4,16H2,1-3H3,(H,30,35)/t24-/m0/s1. The van der Waals surface area contributed by atoms with Crippen LogP contribution in [0.3, 0.4) is 0 Å². The van der Waals surface area contributed by atoms with Gasteiger partial charge in [-0.05, 0) is 61.4 Å². The molecule has 5 rings (SSSR count). The van der Waals surface area contributed by atoms with Crippen LogP contribution in [0.15, 0.2) is 71.7 Å². The van der Waals surface area contributed by atoms with Crippen molar-refractivity contribution < 1.29 is 9.53 Å². The van der Waals surface area contributed by atoms with Gasteiger partial charge in [-0.15, -0.1) is 10.2 Å². The number of halogens is 1. The minimum Gasteiger partial charge on any atom is -0.497 e. The van der Waals surface area contributed by atoms with Crippen molar-refractivity contribution >= 4 is 23.2 Å². The summed E-state index contributed by atoms with van der Waals surface area (Å²) in [6.07, 6.45) is 0.169. The molecule has 2 heterocycles. The van der Waals surface area contributed by atoms with Crippen LogP contribution >= 0.6 is 11.6 Å². The van der Waals surface area contributed by atoms with Crippen molar-refractivity contribution in [3.8, 4) is 22.6 Å². The number of aryl methyl sites for hydroxylation is 1. The van der Waals surface area contributed by atoms with E-state index in [1.165, 1.54) is 0 Å². The molecule has 36 heavy (non-hydrogen) atoms. The molecular weight excluding hydrogens is 474 g/mol. The minimum atomic E-state index is -0.500. The first-order valence-corrected chi connectivity index (χ1v) is 12.2. The highest BCUT2D eigenvalue weighted by atomic mass is 35.5. The third-order valence-electron chi connectivity index (χ3n) is 6.22. The Hall–Kier alpha value is -3.97. The van der Waals surface area contributed by atoms with E-state index in [1.54, 1.807) is 7.11 Å². The summed E-state index contributed by atoms with van der Waals surface area (Å²) in [6.45, 7) is 4.36. The Balaban J connectivity index is 1.72. The van der Waals surface area contributed by atoms with E-state index in [0.717, 1.165) is 45.2 Å². The van der Waals surface area contributed by atoms with Crippen molar-refractivity contribution in [1.82, 2.24) is 20.1 Å². The Labute approximate surface area is 214 Å². The van der Waals surface area contributed by atoms with Gasteiger partial charge in [-0.3, -0.25) is 14.4 Å². The highest BCUT2D eigenvalue weighted by Gasteiger charge is 2.29. The number of rotatable bonds is 6. The van der Waals surface area contributed by atoms with E-state index >= 15 is 0 Å². The lowest BCUT2D eigenvalue weighted by molar-refractivity contribution is -0.121. The SMILES string of the molecule is CCNC(=O)C[C@@H]1N=C(c2ccc(Cl)cc2)c2cc(-c3ccc(OC)cc3)ccc2-n2c(C)nnc21. The van der Waals surface area contributed by atoms with Gasteiger partial charge in [0.2, 0.25) is 5.91 Å². The van der Waals surface area contributed by atoms with Crippen molar-refractivity contribution in [2.24, 2.45) is 4.99 Å². The monoisotopic (exact) mass is 499 g/mol. The van der Waals surface area contributed by atoms with Crippen LogP contribution in [-0.2, 0) is 4.79 Å². The molecule has 8 heteroatoms. The third kappa shape index (κ3) is 4.50. The fraction of sp³-hybridized carbons (Fsp3) is 0.214. The van der Waals surface area contributed by atoms with Crippen molar-refractivity contribution in [2.75, 3.05) is 13.7 Å². The number of ether oxygens (including phenoxy) is 1. The Kier molecular flexibility index (Phi) is 6.57. The smallest absolute Gasteiger partial charge is 0.222 e. The number of carbonyl (C=O) groups excluding carboxylic acids is 1. The minimum absolute atomic E-state index is 0.0845. The van der Waals surface area contributed by atoms with E-state index in [-0.39, 0.29) is 12.3 Å².